The van der Waals surface area contributed by atoms with Gasteiger partial charge in [0, 0.05) is 12.5 Å². The highest BCUT2D eigenvalue weighted by Gasteiger charge is 2.24. The standard InChI is InChI=1S/C21H28ClN5O4/c22-17-9-8-15(27-21(31)26(11-5-10-23)18(28)13-24-27)12-16(17)20(30)25-19(29)14-6-3-1-2-4-7-14/h8-9,12-14,19,29H,1-7,10-11,23H2,(H,25,30). The van der Waals surface area contributed by atoms with Crippen LogP contribution in [0.2, 0.25) is 5.02 Å². The van der Waals surface area contributed by atoms with Crippen molar-refractivity contribution in [3.05, 3.63) is 55.8 Å². The highest BCUT2D eigenvalue weighted by molar-refractivity contribution is 6.33. The zero-order valence-electron chi connectivity index (χ0n) is 17.3. The Morgan fingerprint density at radius 2 is 1.97 bits per heavy atom. The number of aliphatic hydroxyl groups is 1. The van der Waals surface area contributed by atoms with Crippen LogP contribution in [0.5, 0.6) is 0 Å². The predicted molar refractivity (Wildman–Crippen MR) is 117 cm³/mol. The van der Waals surface area contributed by atoms with E-state index >= 15 is 0 Å². The third-order valence-corrected chi connectivity index (χ3v) is 5.94. The molecule has 2 aromatic rings. The summed E-state index contributed by atoms with van der Waals surface area (Å²) < 4.78 is 2.08. The molecule has 4 N–H and O–H groups in total. The molecule has 1 heterocycles. The zero-order valence-corrected chi connectivity index (χ0v) is 18.1. The highest BCUT2D eigenvalue weighted by Crippen LogP contribution is 2.25. The monoisotopic (exact) mass is 449 g/mol. The molecule has 1 aliphatic carbocycles. The zero-order chi connectivity index (χ0) is 22.4. The Morgan fingerprint density at radius 1 is 1.26 bits per heavy atom. The number of nitrogens with two attached hydrogens (primary N) is 1. The summed E-state index contributed by atoms with van der Waals surface area (Å²) in [7, 11) is 0. The Balaban J connectivity index is 1.86. The number of amides is 1. The maximum Gasteiger partial charge on any atom is 0.352 e. The minimum atomic E-state index is -0.968. The molecule has 1 amide bonds. The van der Waals surface area contributed by atoms with Crippen LogP contribution in [-0.4, -0.2) is 38.1 Å². The molecule has 1 atom stereocenters. The van der Waals surface area contributed by atoms with Crippen molar-refractivity contribution >= 4 is 17.5 Å². The number of rotatable bonds is 7. The van der Waals surface area contributed by atoms with Gasteiger partial charge in [0.05, 0.1) is 16.3 Å². The van der Waals surface area contributed by atoms with Crippen molar-refractivity contribution in [2.24, 2.45) is 11.7 Å². The van der Waals surface area contributed by atoms with Crippen LogP contribution in [0.3, 0.4) is 0 Å². The van der Waals surface area contributed by atoms with Crippen LogP contribution in [0.1, 0.15) is 55.3 Å². The van der Waals surface area contributed by atoms with Gasteiger partial charge in [-0.3, -0.25) is 14.2 Å². The summed E-state index contributed by atoms with van der Waals surface area (Å²) in [5, 5.41) is 17.2. The van der Waals surface area contributed by atoms with Crippen LogP contribution in [0.25, 0.3) is 5.69 Å². The first-order valence-electron chi connectivity index (χ1n) is 10.6. The summed E-state index contributed by atoms with van der Waals surface area (Å²) in [5.41, 5.74) is 4.72. The number of aromatic nitrogens is 3. The molecule has 1 fully saturated rings. The molecule has 0 saturated heterocycles. The SMILES string of the molecule is NCCCn1c(=O)cnn(-c2ccc(Cl)c(C(=O)NC(O)C3CCCCCC3)c2)c1=O. The first kappa shape index (κ1) is 23.2. The first-order chi connectivity index (χ1) is 14.9. The number of aliphatic hydroxyl groups excluding tert-OH is 1. The first-order valence-corrected chi connectivity index (χ1v) is 11.0. The Morgan fingerprint density at radius 3 is 2.65 bits per heavy atom. The van der Waals surface area contributed by atoms with E-state index in [0.29, 0.717) is 13.0 Å². The molecule has 3 rings (SSSR count). The van der Waals surface area contributed by atoms with E-state index in [-0.39, 0.29) is 28.7 Å². The summed E-state index contributed by atoms with van der Waals surface area (Å²) >= 11 is 6.22. The molecule has 9 nitrogen and oxygen atoms in total. The molecule has 0 radical (unpaired) electrons. The number of hydrogen-bond acceptors (Lipinski definition) is 6. The molecule has 0 aliphatic heterocycles. The van der Waals surface area contributed by atoms with Crippen molar-refractivity contribution in [2.75, 3.05) is 6.54 Å². The van der Waals surface area contributed by atoms with Crippen LogP contribution < -0.4 is 22.3 Å². The Hall–Kier alpha value is -2.49. The second-order valence-electron chi connectivity index (χ2n) is 7.81. The Kier molecular flexibility index (Phi) is 8.00. The summed E-state index contributed by atoms with van der Waals surface area (Å²) in [6, 6.07) is 4.43. The molecule has 0 bridgehead atoms. The molecule has 31 heavy (non-hydrogen) atoms. The normalized spacial score (nSPS) is 16.0. The number of nitrogens with zero attached hydrogens (tertiary/aromatic N) is 3. The lowest BCUT2D eigenvalue weighted by Crippen LogP contribution is -2.41. The maximum atomic E-state index is 12.8. The summed E-state index contributed by atoms with van der Waals surface area (Å²) in [6.07, 6.45) is 6.60. The van der Waals surface area contributed by atoms with Crippen molar-refractivity contribution in [2.45, 2.75) is 57.7 Å². The molecule has 1 aliphatic rings. The maximum absolute atomic E-state index is 12.8. The number of benzene rings is 1. The molecule has 1 aromatic carbocycles. The average Bonchev–Trinajstić information content (AvgIpc) is 3.04. The van der Waals surface area contributed by atoms with Gasteiger partial charge in [0.2, 0.25) is 0 Å². The van der Waals surface area contributed by atoms with Crippen molar-refractivity contribution in [1.29, 1.82) is 0 Å². The van der Waals surface area contributed by atoms with Gasteiger partial charge in [-0.2, -0.15) is 9.78 Å². The van der Waals surface area contributed by atoms with Crippen LogP contribution >= 0.6 is 11.6 Å². The minimum absolute atomic E-state index is 0.00352. The van der Waals surface area contributed by atoms with Gasteiger partial charge >= 0.3 is 5.69 Å². The van der Waals surface area contributed by atoms with Gasteiger partial charge in [-0.15, -0.1) is 0 Å². The van der Waals surface area contributed by atoms with E-state index in [0.717, 1.165) is 54.0 Å². The van der Waals surface area contributed by atoms with E-state index in [2.05, 4.69) is 10.4 Å². The van der Waals surface area contributed by atoms with Gasteiger partial charge in [0.25, 0.3) is 11.5 Å². The summed E-state index contributed by atoms with van der Waals surface area (Å²) in [5.74, 6) is -0.531. The third kappa shape index (κ3) is 5.61. The van der Waals surface area contributed by atoms with Crippen molar-refractivity contribution < 1.29 is 9.90 Å². The quantitative estimate of drug-likeness (QED) is 0.432. The van der Waals surface area contributed by atoms with Crippen LogP contribution in [0, 0.1) is 5.92 Å². The number of hydrogen-bond donors (Lipinski definition) is 3. The van der Waals surface area contributed by atoms with Crippen LogP contribution in [0.4, 0.5) is 0 Å². The van der Waals surface area contributed by atoms with Crippen LogP contribution in [0.15, 0.2) is 34.0 Å². The van der Waals surface area contributed by atoms with Crippen molar-refractivity contribution in [3.63, 3.8) is 0 Å². The molecule has 1 unspecified atom stereocenters. The second kappa shape index (κ2) is 10.7. The average molecular weight is 450 g/mol. The van der Waals surface area contributed by atoms with Crippen molar-refractivity contribution in [1.82, 2.24) is 19.7 Å². The fourth-order valence-electron chi connectivity index (χ4n) is 3.84. The molecule has 168 valence electrons. The predicted octanol–water partition coefficient (Wildman–Crippen LogP) is 1.41. The van der Waals surface area contributed by atoms with Gasteiger partial charge in [-0.1, -0.05) is 37.3 Å². The van der Waals surface area contributed by atoms with E-state index < -0.39 is 23.4 Å². The number of carbonyl (C=O) groups is 1. The number of halogens is 1. The van der Waals surface area contributed by atoms with Gasteiger partial charge in [-0.25, -0.2) is 4.79 Å². The minimum Gasteiger partial charge on any atom is -0.373 e. The lowest BCUT2D eigenvalue weighted by Gasteiger charge is -2.22. The molecule has 1 saturated carbocycles. The largest absolute Gasteiger partial charge is 0.373 e. The molecule has 0 spiro atoms. The van der Waals surface area contributed by atoms with E-state index in [1.807, 2.05) is 0 Å². The fourth-order valence-corrected chi connectivity index (χ4v) is 4.05. The van der Waals surface area contributed by atoms with Crippen LogP contribution in [-0.2, 0) is 6.54 Å². The number of carbonyl (C=O) groups excluding carboxylic acids is 1. The van der Waals surface area contributed by atoms with Gasteiger partial charge in [0.15, 0.2) is 0 Å². The summed E-state index contributed by atoms with van der Waals surface area (Å²) in [4.78, 5) is 37.5. The lowest BCUT2D eigenvalue weighted by atomic mass is 9.98. The van der Waals surface area contributed by atoms with E-state index in [1.54, 1.807) is 0 Å². The Labute approximate surface area is 184 Å². The van der Waals surface area contributed by atoms with Gasteiger partial charge in [-0.05, 0) is 44.0 Å². The number of nitrogens with one attached hydrogen (secondary N) is 1. The third-order valence-electron chi connectivity index (χ3n) is 5.61. The van der Waals surface area contributed by atoms with Gasteiger partial charge < -0.3 is 16.2 Å². The molecule has 1 aromatic heterocycles. The molecular formula is C21H28ClN5O4. The summed E-state index contributed by atoms with van der Waals surface area (Å²) in [6.45, 7) is 0.508. The Bertz CT molecular complexity index is 1030. The highest BCUT2D eigenvalue weighted by atomic mass is 35.5. The van der Waals surface area contributed by atoms with E-state index in [9.17, 15) is 19.5 Å². The second-order valence-corrected chi connectivity index (χ2v) is 8.21. The topological polar surface area (TPSA) is 132 Å². The van der Waals surface area contributed by atoms with E-state index in [4.69, 9.17) is 17.3 Å². The van der Waals surface area contributed by atoms with Crippen molar-refractivity contribution in [3.8, 4) is 5.69 Å². The van der Waals surface area contributed by atoms with E-state index in [1.165, 1.54) is 18.2 Å². The lowest BCUT2D eigenvalue weighted by molar-refractivity contribution is 0.0532. The van der Waals surface area contributed by atoms with Gasteiger partial charge in [0.1, 0.15) is 12.4 Å². The fraction of sp³-hybridized carbons (Fsp3) is 0.524. The molecule has 10 heteroatoms. The smallest absolute Gasteiger partial charge is 0.352 e. The molecular weight excluding hydrogens is 422 g/mol.